The van der Waals surface area contributed by atoms with Crippen molar-refractivity contribution in [3.63, 3.8) is 0 Å². The van der Waals surface area contributed by atoms with E-state index in [4.69, 9.17) is 15.2 Å². The highest BCUT2D eigenvalue weighted by atomic mass is 16.6. The molecule has 1 aliphatic heterocycles. The van der Waals surface area contributed by atoms with E-state index >= 15 is 0 Å². The quantitative estimate of drug-likeness (QED) is 0.677. The van der Waals surface area contributed by atoms with E-state index in [0.29, 0.717) is 23.9 Å². The number of hydrogen-bond donors (Lipinski definition) is 1. The Morgan fingerprint density at radius 3 is 3.00 bits per heavy atom. The van der Waals surface area contributed by atoms with Crippen molar-refractivity contribution in [1.29, 1.82) is 0 Å². The average Bonchev–Trinajstić information content (AvgIpc) is 2.47. The van der Waals surface area contributed by atoms with Crippen LogP contribution in [0.1, 0.15) is 29.8 Å². The smallest absolute Gasteiger partial charge is 0.340 e. The van der Waals surface area contributed by atoms with Gasteiger partial charge in [-0.1, -0.05) is 11.6 Å². The number of esters is 1. The zero-order valence-electron chi connectivity index (χ0n) is 13.0. The van der Waals surface area contributed by atoms with Crippen molar-refractivity contribution in [3.8, 4) is 0 Å². The molecule has 1 atom stereocenters. The molecule has 5 heteroatoms. The fraction of sp³-hybridized carbons (Fsp3) is 0.562. The van der Waals surface area contributed by atoms with Gasteiger partial charge < -0.3 is 15.2 Å². The summed E-state index contributed by atoms with van der Waals surface area (Å²) in [6.45, 7) is 8.87. The highest BCUT2D eigenvalue weighted by Crippen LogP contribution is 2.16. The number of nitrogen functional groups attached to an aromatic ring is 1. The number of anilines is 1. The Hall–Kier alpha value is -1.59. The lowest BCUT2D eigenvalue weighted by atomic mass is 10.1. The number of aryl methyl sites for hydroxylation is 1. The molecule has 1 fully saturated rings. The standard InChI is InChI=1S/C16H24N2O3/c1-11(2)18-6-7-20-13(9-18)10-21-16(19)14-8-12(3)4-5-15(14)17/h4-5,8,11,13H,6-7,9-10,17H2,1-3H3. The largest absolute Gasteiger partial charge is 0.459 e. The highest BCUT2D eigenvalue weighted by molar-refractivity contribution is 5.95. The van der Waals surface area contributed by atoms with Crippen molar-refractivity contribution in [2.75, 3.05) is 32.0 Å². The molecule has 1 saturated heterocycles. The Balaban J connectivity index is 1.90. The van der Waals surface area contributed by atoms with Gasteiger partial charge in [-0.2, -0.15) is 0 Å². The Kier molecular flexibility index (Phi) is 5.20. The zero-order chi connectivity index (χ0) is 15.4. The third-order valence-electron chi connectivity index (χ3n) is 3.73. The van der Waals surface area contributed by atoms with Crippen molar-refractivity contribution in [2.45, 2.75) is 32.9 Å². The van der Waals surface area contributed by atoms with Crippen LogP contribution in [0, 0.1) is 6.92 Å². The molecule has 2 N–H and O–H groups in total. The molecule has 1 unspecified atom stereocenters. The molecule has 5 nitrogen and oxygen atoms in total. The Bertz CT molecular complexity index is 502. The number of ether oxygens (including phenoxy) is 2. The van der Waals surface area contributed by atoms with Crippen LogP contribution in [0.5, 0.6) is 0 Å². The van der Waals surface area contributed by atoms with Crippen molar-refractivity contribution < 1.29 is 14.3 Å². The molecule has 0 aliphatic carbocycles. The van der Waals surface area contributed by atoms with Gasteiger partial charge in [0.05, 0.1) is 12.2 Å². The van der Waals surface area contributed by atoms with E-state index in [1.54, 1.807) is 12.1 Å². The number of benzene rings is 1. The molecular formula is C16H24N2O3. The zero-order valence-corrected chi connectivity index (χ0v) is 13.0. The summed E-state index contributed by atoms with van der Waals surface area (Å²) in [5.41, 5.74) is 7.67. The average molecular weight is 292 g/mol. The maximum Gasteiger partial charge on any atom is 0.340 e. The van der Waals surface area contributed by atoms with E-state index < -0.39 is 0 Å². The van der Waals surface area contributed by atoms with Gasteiger partial charge in [-0.25, -0.2) is 4.79 Å². The lowest BCUT2D eigenvalue weighted by molar-refractivity contribution is -0.0662. The molecule has 116 valence electrons. The highest BCUT2D eigenvalue weighted by Gasteiger charge is 2.24. The van der Waals surface area contributed by atoms with Crippen molar-refractivity contribution in [1.82, 2.24) is 4.90 Å². The van der Waals surface area contributed by atoms with Gasteiger partial charge in [0.1, 0.15) is 12.7 Å². The van der Waals surface area contributed by atoms with Gasteiger partial charge in [0.2, 0.25) is 0 Å². The molecule has 0 bridgehead atoms. The van der Waals surface area contributed by atoms with Gasteiger partial charge in [-0.3, -0.25) is 4.90 Å². The summed E-state index contributed by atoms with van der Waals surface area (Å²) >= 11 is 0. The summed E-state index contributed by atoms with van der Waals surface area (Å²) in [7, 11) is 0. The van der Waals surface area contributed by atoms with Crippen LogP contribution in [0.25, 0.3) is 0 Å². The molecule has 1 aromatic rings. The fourth-order valence-electron chi connectivity index (χ4n) is 2.41. The minimum atomic E-state index is -0.388. The second kappa shape index (κ2) is 6.91. The molecule has 0 aromatic heterocycles. The van der Waals surface area contributed by atoms with Gasteiger partial charge in [0, 0.05) is 24.8 Å². The molecule has 1 aliphatic rings. The Morgan fingerprint density at radius 1 is 1.52 bits per heavy atom. The summed E-state index contributed by atoms with van der Waals surface area (Å²) in [6.07, 6.45) is -0.0730. The molecule has 1 heterocycles. The number of hydrogen-bond acceptors (Lipinski definition) is 5. The minimum Gasteiger partial charge on any atom is -0.459 e. The lowest BCUT2D eigenvalue weighted by Gasteiger charge is -2.35. The molecule has 21 heavy (non-hydrogen) atoms. The summed E-state index contributed by atoms with van der Waals surface area (Å²) in [5.74, 6) is -0.388. The summed E-state index contributed by atoms with van der Waals surface area (Å²) in [5, 5.41) is 0. The summed E-state index contributed by atoms with van der Waals surface area (Å²) in [4.78, 5) is 14.4. The monoisotopic (exact) mass is 292 g/mol. The van der Waals surface area contributed by atoms with Crippen LogP contribution in [0.15, 0.2) is 18.2 Å². The van der Waals surface area contributed by atoms with Crippen LogP contribution in [0.3, 0.4) is 0 Å². The van der Waals surface area contributed by atoms with Crippen LogP contribution < -0.4 is 5.73 Å². The van der Waals surface area contributed by atoms with Gasteiger partial charge in [-0.05, 0) is 32.9 Å². The van der Waals surface area contributed by atoms with Crippen LogP contribution in [0.2, 0.25) is 0 Å². The Morgan fingerprint density at radius 2 is 2.29 bits per heavy atom. The normalized spacial score (nSPS) is 19.7. The molecule has 0 saturated carbocycles. The first-order chi connectivity index (χ1) is 9.97. The first kappa shape index (κ1) is 15.8. The van der Waals surface area contributed by atoms with E-state index in [1.807, 2.05) is 13.0 Å². The SMILES string of the molecule is Cc1ccc(N)c(C(=O)OCC2CN(C(C)C)CCO2)c1. The van der Waals surface area contributed by atoms with Crippen molar-refractivity contribution in [3.05, 3.63) is 29.3 Å². The first-order valence-electron chi connectivity index (χ1n) is 7.36. The number of carbonyl (C=O) groups is 1. The number of nitrogens with two attached hydrogens (primary N) is 1. The summed E-state index contributed by atoms with van der Waals surface area (Å²) < 4.78 is 11.0. The van der Waals surface area contributed by atoms with Crippen LogP contribution in [-0.2, 0) is 9.47 Å². The maximum atomic E-state index is 12.1. The second-order valence-corrected chi connectivity index (χ2v) is 5.77. The van der Waals surface area contributed by atoms with E-state index in [-0.39, 0.29) is 18.7 Å². The lowest BCUT2D eigenvalue weighted by Crippen LogP contribution is -2.47. The van der Waals surface area contributed by atoms with Crippen LogP contribution >= 0.6 is 0 Å². The molecule has 2 rings (SSSR count). The topological polar surface area (TPSA) is 64.8 Å². The Labute approximate surface area is 126 Å². The predicted molar refractivity (Wildman–Crippen MR) is 82.3 cm³/mol. The maximum absolute atomic E-state index is 12.1. The van der Waals surface area contributed by atoms with Gasteiger partial charge >= 0.3 is 5.97 Å². The van der Waals surface area contributed by atoms with Gasteiger partial charge in [0.25, 0.3) is 0 Å². The van der Waals surface area contributed by atoms with E-state index in [1.165, 1.54) is 0 Å². The second-order valence-electron chi connectivity index (χ2n) is 5.77. The summed E-state index contributed by atoms with van der Waals surface area (Å²) in [6, 6.07) is 5.82. The van der Waals surface area contributed by atoms with E-state index in [0.717, 1.165) is 18.7 Å². The van der Waals surface area contributed by atoms with E-state index in [9.17, 15) is 4.79 Å². The van der Waals surface area contributed by atoms with Crippen LogP contribution in [0.4, 0.5) is 5.69 Å². The predicted octanol–water partition coefficient (Wildman–Crippen LogP) is 1.84. The van der Waals surface area contributed by atoms with E-state index in [2.05, 4.69) is 18.7 Å². The number of nitrogens with zero attached hydrogens (tertiary/aromatic N) is 1. The van der Waals surface area contributed by atoms with Crippen molar-refractivity contribution in [2.24, 2.45) is 0 Å². The fourth-order valence-corrected chi connectivity index (χ4v) is 2.41. The van der Waals surface area contributed by atoms with Crippen molar-refractivity contribution >= 4 is 11.7 Å². The number of carbonyl (C=O) groups excluding carboxylic acids is 1. The molecule has 0 radical (unpaired) electrons. The molecular weight excluding hydrogens is 268 g/mol. The number of morpholine rings is 1. The molecule has 1 aromatic carbocycles. The number of rotatable bonds is 4. The third-order valence-corrected chi connectivity index (χ3v) is 3.73. The molecule has 0 spiro atoms. The van der Waals surface area contributed by atoms with Gasteiger partial charge in [0.15, 0.2) is 0 Å². The van der Waals surface area contributed by atoms with Crippen LogP contribution in [-0.4, -0.2) is 49.3 Å². The first-order valence-corrected chi connectivity index (χ1v) is 7.36. The minimum absolute atomic E-state index is 0.0730. The molecule has 0 amide bonds. The van der Waals surface area contributed by atoms with Gasteiger partial charge in [-0.15, -0.1) is 0 Å². The third kappa shape index (κ3) is 4.19.